The van der Waals surface area contributed by atoms with Gasteiger partial charge in [0.2, 0.25) is 0 Å². The third-order valence-electron chi connectivity index (χ3n) is 3.14. The van der Waals surface area contributed by atoms with E-state index in [1.54, 1.807) is 7.05 Å². The summed E-state index contributed by atoms with van der Waals surface area (Å²) in [5, 5.41) is 0. The van der Waals surface area contributed by atoms with Crippen LogP contribution < -0.4 is 11.2 Å². The minimum atomic E-state index is -0.371. The van der Waals surface area contributed by atoms with E-state index < -0.39 is 0 Å². The molecule has 0 aliphatic carbocycles. The van der Waals surface area contributed by atoms with Gasteiger partial charge in [0.05, 0.1) is 6.33 Å². The maximum Gasteiger partial charge on any atom is 2.00 e. The third-order valence-corrected chi connectivity index (χ3v) is 3.14. The number of aromatic nitrogens is 4. The van der Waals surface area contributed by atoms with E-state index in [0.717, 1.165) is 4.57 Å². The predicted molar refractivity (Wildman–Crippen MR) is 90.6 cm³/mol. The summed E-state index contributed by atoms with van der Waals surface area (Å²) in [6, 6.07) is 20.0. The fourth-order valence-electron chi connectivity index (χ4n) is 1.91. The van der Waals surface area contributed by atoms with Gasteiger partial charge in [0.1, 0.15) is 5.52 Å². The van der Waals surface area contributed by atoms with Gasteiger partial charge in [-0.15, -0.1) is 0 Å². The van der Waals surface area contributed by atoms with Crippen molar-refractivity contribution < 1.29 is 17.1 Å². The first-order chi connectivity index (χ1) is 11.1. The van der Waals surface area contributed by atoms with E-state index in [1.165, 1.54) is 17.9 Å². The van der Waals surface area contributed by atoms with Crippen LogP contribution in [0.4, 0.5) is 0 Å². The van der Waals surface area contributed by atoms with E-state index in [4.69, 9.17) is 0 Å². The van der Waals surface area contributed by atoms with Crippen molar-refractivity contribution in [1.29, 1.82) is 0 Å². The van der Waals surface area contributed by atoms with Gasteiger partial charge >= 0.3 is 22.8 Å². The van der Waals surface area contributed by atoms with Gasteiger partial charge in [-0.25, -0.2) is 34.0 Å². The second-order valence-corrected chi connectivity index (χ2v) is 4.73. The van der Waals surface area contributed by atoms with E-state index in [9.17, 15) is 9.59 Å². The van der Waals surface area contributed by atoms with Crippen molar-refractivity contribution in [2.75, 3.05) is 0 Å². The van der Waals surface area contributed by atoms with Gasteiger partial charge < -0.3 is 4.98 Å². The molecule has 126 valence electrons. The Kier molecular flexibility index (Phi) is 7.68. The number of rotatable bonds is 0. The molecule has 0 amide bonds. The second kappa shape index (κ2) is 9.50. The van der Waals surface area contributed by atoms with Crippen LogP contribution in [0, 0.1) is 0 Å². The molecule has 0 unspecified atom stereocenters. The molecule has 0 saturated heterocycles. The quantitative estimate of drug-likeness (QED) is 0.381. The smallest absolute Gasteiger partial charge is 0.339 e. The molecule has 0 radical (unpaired) electrons. The maximum absolute atomic E-state index is 11.4. The Balaban J connectivity index is 0.000000216. The molecule has 24 heavy (non-hydrogen) atoms. The zero-order chi connectivity index (χ0) is 16.7. The normalized spacial score (nSPS) is 9.25. The number of nitrogens with zero attached hydrogens (tertiary/aromatic N) is 3. The zero-order valence-corrected chi connectivity index (χ0v) is 14.5. The molecule has 0 aliphatic heterocycles. The molecule has 4 rings (SSSR count). The van der Waals surface area contributed by atoms with Crippen molar-refractivity contribution in [2.45, 2.75) is 0 Å². The molecule has 2 aromatic heterocycles. The van der Waals surface area contributed by atoms with Crippen LogP contribution in [0.15, 0.2) is 76.6 Å². The summed E-state index contributed by atoms with van der Waals surface area (Å²) in [4.78, 5) is 29.4. The summed E-state index contributed by atoms with van der Waals surface area (Å²) in [7, 11) is 3.01. The van der Waals surface area contributed by atoms with Crippen molar-refractivity contribution in [3.05, 3.63) is 87.8 Å². The van der Waals surface area contributed by atoms with E-state index in [-0.39, 0.29) is 28.3 Å². The van der Waals surface area contributed by atoms with Crippen molar-refractivity contribution in [2.24, 2.45) is 14.1 Å². The van der Waals surface area contributed by atoms with Crippen LogP contribution in [0.2, 0.25) is 0 Å². The van der Waals surface area contributed by atoms with Crippen LogP contribution >= 0.6 is 0 Å². The Bertz CT molecular complexity index is 871. The first-order valence-electron chi connectivity index (χ1n) is 7.05. The molecule has 2 aromatic carbocycles. The minimum absolute atomic E-state index is 0. The molecule has 6 nitrogen and oxygen atoms in total. The Morgan fingerprint density at radius 1 is 0.917 bits per heavy atom. The Hall–Kier alpha value is -2.63. The largest absolute Gasteiger partial charge is 2.00 e. The monoisotopic (exact) mass is 366 g/mol. The van der Waals surface area contributed by atoms with Gasteiger partial charge in [-0.05, 0) is 0 Å². The van der Waals surface area contributed by atoms with E-state index in [1.807, 2.05) is 60.7 Å². The first kappa shape index (κ1) is 19.4. The average Bonchev–Trinajstić information content (AvgIpc) is 3.34. The molecule has 2 heterocycles. The van der Waals surface area contributed by atoms with Gasteiger partial charge in [0.25, 0.3) is 5.56 Å². The molecule has 0 spiro atoms. The maximum atomic E-state index is 11.4. The molecule has 0 fully saturated rings. The molecule has 1 N–H and O–H groups in total. The Morgan fingerprint density at radius 3 is 1.83 bits per heavy atom. The number of aryl methyl sites for hydroxylation is 1. The number of nitrogens with one attached hydrogen (secondary N) is 1. The second-order valence-electron chi connectivity index (χ2n) is 4.73. The predicted octanol–water partition coefficient (Wildman–Crippen LogP) is 1.77. The molecule has 0 saturated carbocycles. The van der Waals surface area contributed by atoms with Crippen LogP contribution in [-0.2, 0) is 31.2 Å². The van der Waals surface area contributed by atoms with E-state index >= 15 is 0 Å². The minimum Gasteiger partial charge on any atom is -0.339 e. The van der Waals surface area contributed by atoms with Crippen LogP contribution in [0.5, 0.6) is 0 Å². The fourth-order valence-corrected chi connectivity index (χ4v) is 1.91. The third kappa shape index (κ3) is 4.68. The summed E-state index contributed by atoms with van der Waals surface area (Å²) in [5.41, 5.74) is 0.0119. The summed E-state index contributed by atoms with van der Waals surface area (Å²) >= 11 is 0. The summed E-state index contributed by atoms with van der Waals surface area (Å²) in [5.74, 6) is 0. The summed E-state index contributed by atoms with van der Waals surface area (Å²) in [6.07, 6.45) is 1.39. The van der Waals surface area contributed by atoms with Gasteiger partial charge in [-0.2, -0.15) is 36.4 Å². The fraction of sp³-hybridized carbons (Fsp3) is 0.118. The van der Waals surface area contributed by atoms with Gasteiger partial charge in [0, 0.05) is 14.1 Å². The van der Waals surface area contributed by atoms with E-state index in [0.29, 0.717) is 11.2 Å². The van der Waals surface area contributed by atoms with Crippen molar-refractivity contribution in [1.82, 2.24) is 19.1 Å². The number of hydrogen-bond donors (Lipinski definition) is 1. The number of imidazole rings is 1. The molecule has 7 heteroatoms. The standard InChI is InChI=1S/C7H8N4O2.2C5H5.Fe/c1-10-5-4(8-3-9-5)6(12)11(2)7(10)13;2*1-2-4-5-3-1;/h3H,1-2H3,(H,8,9);2*1-5H;/q;2*-1;+2. The van der Waals surface area contributed by atoms with Crippen LogP contribution in [-0.4, -0.2) is 19.1 Å². The number of hydrogen-bond acceptors (Lipinski definition) is 3. The zero-order valence-electron chi connectivity index (χ0n) is 13.4. The molecular weight excluding hydrogens is 348 g/mol. The number of H-pyrrole nitrogens is 1. The van der Waals surface area contributed by atoms with Gasteiger partial charge in [-0.3, -0.25) is 13.9 Å². The van der Waals surface area contributed by atoms with Crippen molar-refractivity contribution >= 4 is 11.2 Å². The number of fused-ring (bicyclic) bond motifs is 1. The topological polar surface area (TPSA) is 72.7 Å². The molecule has 4 aromatic rings. The average molecular weight is 366 g/mol. The van der Waals surface area contributed by atoms with Crippen LogP contribution in [0.3, 0.4) is 0 Å². The van der Waals surface area contributed by atoms with Crippen molar-refractivity contribution in [3.8, 4) is 0 Å². The molecule has 0 bridgehead atoms. The van der Waals surface area contributed by atoms with Gasteiger partial charge in [-0.1, -0.05) is 0 Å². The van der Waals surface area contributed by atoms with Crippen LogP contribution in [0.1, 0.15) is 0 Å². The Morgan fingerprint density at radius 2 is 1.42 bits per heavy atom. The van der Waals surface area contributed by atoms with E-state index in [2.05, 4.69) is 9.97 Å². The van der Waals surface area contributed by atoms with Crippen molar-refractivity contribution in [3.63, 3.8) is 0 Å². The SMILES string of the molecule is Cn1c(=O)c2[nH]cnc2n(C)c1=O.[Fe+2].c1cc[cH-]c1.c1cc[cH-]c1. The number of aromatic amines is 1. The first-order valence-corrected chi connectivity index (χ1v) is 7.05. The molecular formula is C17H18FeN4O2. The van der Waals surface area contributed by atoms with Crippen LogP contribution in [0.25, 0.3) is 11.2 Å². The summed E-state index contributed by atoms with van der Waals surface area (Å²) in [6.45, 7) is 0. The molecule has 0 atom stereocenters. The van der Waals surface area contributed by atoms with Gasteiger partial charge in [0.15, 0.2) is 5.65 Å². The Labute approximate surface area is 149 Å². The summed E-state index contributed by atoms with van der Waals surface area (Å²) < 4.78 is 2.37. The molecule has 0 aliphatic rings.